The molecule has 8 aromatic carbocycles. The fourth-order valence-corrected chi connectivity index (χ4v) is 7.45. The molecular weight excluding hydrogens is 685 g/mol. The first-order chi connectivity index (χ1) is 31.1. The number of hydrogen-bond donors (Lipinski definition) is 0. The molecule has 0 N–H and O–H groups in total. The fourth-order valence-electron chi connectivity index (χ4n) is 7.45. The quantitative estimate of drug-likeness (QED) is 0.171. The number of rotatable bonds is 6. The lowest BCUT2D eigenvalue weighted by molar-refractivity contribution is 0.669. The Hall–Kier alpha value is -7.63. The maximum Gasteiger partial charge on any atom is 0.164 e. The maximum atomic E-state index is 9.23. The molecule has 3 aromatic heterocycles. The van der Waals surface area contributed by atoms with Crippen LogP contribution in [0.1, 0.15) is 11.0 Å². The first-order valence-electron chi connectivity index (χ1n) is 22.1. The van der Waals surface area contributed by atoms with Crippen molar-refractivity contribution >= 4 is 43.7 Å². The number of hydrogen-bond acceptors (Lipinski definition) is 4. The van der Waals surface area contributed by atoms with E-state index in [1.54, 1.807) is 6.07 Å². The third-order valence-corrected chi connectivity index (χ3v) is 10.1. The van der Waals surface area contributed by atoms with Crippen LogP contribution in [0, 0.1) is 0 Å². The second-order valence-electron chi connectivity index (χ2n) is 13.4. The van der Waals surface area contributed by atoms with Crippen molar-refractivity contribution in [3.8, 4) is 62.1 Å². The Morgan fingerprint density at radius 1 is 0.393 bits per heavy atom. The van der Waals surface area contributed by atoms with Crippen molar-refractivity contribution in [2.45, 2.75) is 0 Å². The maximum absolute atomic E-state index is 9.23. The third-order valence-electron chi connectivity index (χ3n) is 10.1. The number of furan rings is 1. The van der Waals surface area contributed by atoms with Crippen LogP contribution in [0.2, 0.25) is 0 Å². The van der Waals surface area contributed by atoms with Crippen molar-refractivity contribution in [3.05, 3.63) is 194 Å². The summed E-state index contributed by atoms with van der Waals surface area (Å²) in [5.74, 6) is 1.07. The van der Waals surface area contributed by atoms with Gasteiger partial charge in [-0.25, -0.2) is 15.0 Å². The van der Waals surface area contributed by atoms with Crippen molar-refractivity contribution in [3.63, 3.8) is 0 Å². The molecule has 5 heteroatoms. The van der Waals surface area contributed by atoms with Gasteiger partial charge in [0.05, 0.1) is 27.7 Å². The highest BCUT2D eigenvalue weighted by atomic mass is 16.3. The number of nitrogens with zero attached hydrogens (tertiary/aromatic N) is 4. The van der Waals surface area contributed by atoms with Gasteiger partial charge in [0.15, 0.2) is 17.5 Å². The Kier molecular flexibility index (Phi) is 5.74. The van der Waals surface area contributed by atoms with E-state index in [0.717, 1.165) is 38.6 Å². The van der Waals surface area contributed by atoms with Crippen molar-refractivity contribution in [1.29, 1.82) is 0 Å². The molecule has 262 valence electrons. The van der Waals surface area contributed by atoms with Gasteiger partial charge in [0.2, 0.25) is 0 Å². The Bertz CT molecular complexity index is 3630. The average Bonchev–Trinajstić information content (AvgIpc) is 3.91. The number of fused-ring (bicyclic) bond motifs is 6. The minimum absolute atomic E-state index is 0.0111. The molecular formula is C51H32N4O. The molecule has 0 spiro atoms. The van der Waals surface area contributed by atoms with Crippen LogP contribution >= 0.6 is 0 Å². The van der Waals surface area contributed by atoms with E-state index in [1.807, 2.05) is 140 Å². The summed E-state index contributed by atoms with van der Waals surface area (Å²) in [6, 6.07) is 43.1. The highest BCUT2D eigenvalue weighted by Crippen LogP contribution is 2.39. The number of para-hydroxylation sites is 3. The zero-order chi connectivity index (χ0) is 44.0. The Balaban J connectivity index is 1.19. The molecule has 0 aliphatic rings. The average molecular weight is 725 g/mol. The molecule has 0 bridgehead atoms. The van der Waals surface area contributed by atoms with Gasteiger partial charge in [-0.3, -0.25) is 0 Å². The van der Waals surface area contributed by atoms with E-state index in [-0.39, 0.29) is 21.8 Å². The van der Waals surface area contributed by atoms with E-state index >= 15 is 0 Å². The van der Waals surface area contributed by atoms with Crippen LogP contribution in [0.5, 0.6) is 0 Å². The molecule has 0 fully saturated rings. The van der Waals surface area contributed by atoms with Gasteiger partial charge in [0.1, 0.15) is 11.2 Å². The van der Waals surface area contributed by atoms with Gasteiger partial charge in [0.25, 0.3) is 0 Å². The zero-order valence-electron chi connectivity index (χ0n) is 37.6. The smallest absolute Gasteiger partial charge is 0.164 e. The lowest BCUT2D eigenvalue weighted by Crippen LogP contribution is -2.02. The first kappa shape index (κ1) is 24.6. The predicted octanol–water partition coefficient (Wildman–Crippen LogP) is 13.2. The van der Waals surface area contributed by atoms with Crippen LogP contribution in [0.25, 0.3) is 106 Å². The monoisotopic (exact) mass is 724 g/mol. The minimum atomic E-state index is -0.510. The van der Waals surface area contributed by atoms with Gasteiger partial charge >= 0.3 is 0 Å². The molecule has 0 saturated carbocycles. The molecule has 0 unspecified atom stereocenters. The molecule has 0 atom stereocenters. The second-order valence-corrected chi connectivity index (χ2v) is 13.4. The third kappa shape index (κ3) is 5.37. The fraction of sp³-hybridized carbons (Fsp3) is 0. The number of aromatic nitrogens is 4. The highest BCUT2D eigenvalue weighted by molar-refractivity contribution is 6.10. The second kappa shape index (κ2) is 13.0. The van der Waals surface area contributed by atoms with E-state index in [9.17, 15) is 2.74 Å². The summed E-state index contributed by atoms with van der Waals surface area (Å²) in [5, 5.41) is 1.92. The standard InChI is InChI=1S/C51H32N4O/c1-3-13-33(14-4-1)34-23-25-36(26-24-34)49-52-50(54-51(53-49)38-28-30-43-42-19-9-12-22-47(42)56-48(43)32-38)37-27-29-39(35-15-5-2-6-16-35)46(31-37)55-44-20-10-7-17-40(44)41-18-8-11-21-45(41)55/h1-32H/i7D,8D,10D,11D,17D,18D,20D,21D. The molecule has 3 heterocycles. The molecule has 0 aliphatic heterocycles. The van der Waals surface area contributed by atoms with Crippen LogP contribution < -0.4 is 0 Å². The van der Waals surface area contributed by atoms with E-state index in [2.05, 4.69) is 0 Å². The summed E-state index contributed by atoms with van der Waals surface area (Å²) in [6.45, 7) is 0. The summed E-state index contributed by atoms with van der Waals surface area (Å²) >= 11 is 0. The van der Waals surface area contributed by atoms with Crippen LogP contribution in [0.15, 0.2) is 198 Å². The molecule has 11 aromatic rings. The Labute approximate surface area is 334 Å². The van der Waals surface area contributed by atoms with Gasteiger partial charge in [-0.05, 0) is 53.0 Å². The van der Waals surface area contributed by atoms with E-state index < -0.39 is 48.3 Å². The first-order valence-corrected chi connectivity index (χ1v) is 18.1. The van der Waals surface area contributed by atoms with Crippen molar-refractivity contribution in [1.82, 2.24) is 19.5 Å². The van der Waals surface area contributed by atoms with E-state index in [4.69, 9.17) is 27.6 Å². The SMILES string of the molecule is [2H]c1c([2H])c([2H])c2c(c1[2H])c1c([2H])c([2H])c([2H])c([2H])c1n2-c1cc(-c2nc(-c3ccc(-c4ccccc4)cc3)nc(-c3ccc4c(c3)oc3ccccc34)n2)ccc1-c1ccccc1. The minimum Gasteiger partial charge on any atom is -0.456 e. The highest BCUT2D eigenvalue weighted by Gasteiger charge is 2.19. The lowest BCUT2D eigenvalue weighted by Gasteiger charge is -2.16. The van der Waals surface area contributed by atoms with Gasteiger partial charge in [-0.2, -0.15) is 0 Å². The Morgan fingerprint density at radius 3 is 1.59 bits per heavy atom. The molecule has 11 rings (SSSR count). The van der Waals surface area contributed by atoms with Gasteiger partial charge in [-0.15, -0.1) is 0 Å². The predicted molar refractivity (Wildman–Crippen MR) is 229 cm³/mol. The molecule has 0 saturated heterocycles. The summed E-state index contributed by atoms with van der Waals surface area (Å²) < 4.78 is 79.0. The van der Waals surface area contributed by atoms with Crippen LogP contribution in [0.4, 0.5) is 0 Å². The van der Waals surface area contributed by atoms with Crippen LogP contribution in [0.3, 0.4) is 0 Å². The Morgan fingerprint density at radius 2 is 0.893 bits per heavy atom. The normalized spacial score (nSPS) is 13.6. The van der Waals surface area contributed by atoms with Gasteiger partial charge < -0.3 is 8.98 Å². The van der Waals surface area contributed by atoms with Crippen LogP contribution in [-0.4, -0.2) is 19.5 Å². The van der Waals surface area contributed by atoms with Gasteiger partial charge in [-0.1, -0.05) is 158 Å². The lowest BCUT2D eigenvalue weighted by atomic mass is 10.0. The molecule has 0 amide bonds. The summed E-state index contributed by atoms with van der Waals surface area (Å²) in [7, 11) is 0. The van der Waals surface area contributed by atoms with E-state index in [0.29, 0.717) is 45.4 Å². The van der Waals surface area contributed by atoms with E-state index in [1.165, 1.54) is 4.57 Å². The topological polar surface area (TPSA) is 56.7 Å². The van der Waals surface area contributed by atoms with Crippen molar-refractivity contribution in [2.24, 2.45) is 0 Å². The zero-order valence-corrected chi connectivity index (χ0v) is 29.6. The van der Waals surface area contributed by atoms with Gasteiger partial charge in [0, 0.05) is 43.8 Å². The largest absolute Gasteiger partial charge is 0.456 e. The molecule has 5 nitrogen and oxygen atoms in total. The molecule has 56 heavy (non-hydrogen) atoms. The number of benzene rings is 8. The molecule has 0 aliphatic carbocycles. The van der Waals surface area contributed by atoms with Crippen LogP contribution in [-0.2, 0) is 0 Å². The summed E-state index contributed by atoms with van der Waals surface area (Å²) in [6.07, 6.45) is 0. The summed E-state index contributed by atoms with van der Waals surface area (Å²) in [4.78, 5) is 15.2. The summed E-state index contributed by atoms with van der Waals surface area (Å²) in [5.41, 5.74) is 7.26. The van der Waals surface area contributed by atoms with Crippen molar-refractivity contribution in [2.75, 3.05) is 0 Å². The van der Waals surface area contributed by atoms with Crippen molar-refractivity contribution < 1.29 is 15.4 Å². The molecule has 0 radical (unpaired) electrons.